The molecule has 0 saturated heterocycles. The Balaban J connectivity index is 1.95. The molecule has 1 aromatic heterocycles. The van der Waals surface area contributed by atoms with E-state index in [1.807, 2.05) is 6.07 Å². The molecule has 0 spiro atoms. The van der Waals surface area contributed by atoms with Crippen LogP contribution in [-0.2, 0) is 4.43 Å². The van der Waals surface area contributed by atoms with Crippen LogP contribution in [0.4, 0.5) is 0 Å². The zero-order valence-corrected chi connectivity index (χ0v) is 21.5. The smallest absolute Gasteiger partial charge is 0.192 e. The summed E-state index contributed by atoms with van der Waals surface area (Å²) in [4.78, 5) is 0. The molecule has 3 rings (SSSR count). The Bertz CT molecular complexity index is 743. The fraction of sp³-hybridized carbons (Fsp3) is 0.769. The molecule has 0 bridgehead atoms. The van der Waals surface area contributed by atoms with Crippen LogP contribution >= 0.6 is 0 Å². The molecule has 0 aromatic carbocycles. The third-order valence-electron chi connectivity index (χ3n) is 9.01. The first-order chi connectivity index (χ1) is 13.7. The van der Waals surface area contributed by atoms with E-state index in [1.54, 1.807) is 12.5 Å². The van der Waals surface area contributed by atoms with Crippen molar-refractivity contribution in [3.8, 4) is 0 Å². The van der Waals surface area contributed by atoms with Crippen molar-refractivity contribution in [2.45, 2.75) is 104 Å². The summed E-state index contributed by atoms with van der Waals surface area (Å²) in [5.41, 5.74) is 2.50. The van der Waals surface area contributed by atoms with E-state index < -0.39 is 14.4 Å². The van der Waals surface area contributed by atoms with Gasteiger partial charge in [-0.1, -0.05) is 54.5 Å². The van der Waals surface area contributed by atoms with Gasteiger partial charge in [-0.2, -0.15) is 0 Å². The monoisotopic (exact) mass is 432 g/mol. The predicted molar refractivity (Wildman–Crippen MR) is 127 cm³/mol. The van der Waals surface area contributed by atoms with Crippen molar-refractivity contribution in [1.29, 1.82) is 0 Å². The van der Waals surface area contributed by atoms with Crippen molar-refractivity contribution >= 4 is 8.32 Å². The van der Waals surface area contributed by atoms with Gasteiger partial charge in [-0.05, 0) is 78.1 Å². The molecule has 0 aliphatic heterocycles. The molecule has 2 aliphatic rings. The average molecular weight is 433 g/mol. The van der Waals surface area contributed by atoms with Crippen LogP contribution in [0.3, 0.4) is 0 Å². The molecule has 1 N–H and O–H groups in total. The van der Waals surface area contributed by atoms with Crippen LogP contribution in [0.2, 0.25) is 18.1 Å². The summed E-state index contributed by atoms with van der Waals surface area (Å²) >= 11 is 0. The highest BCUT2D eigenvalue weighted by Crippen LogP contribution is 2.63. The molecule has 1 aromatic rings. The summed E-state index contributed by atoms with van der Waals surface area (Å²) in [6, 6.07) is 1.88. The van der Waals surface area contributed by atoms with E-state index >= 15 is 0 Å². The molecule has 170 valence electrons. The van der Waals surface area contributed by atoms with E-state index in [4.69, 9.17) is 8.84 Å². The second kappa shape index (κ2) is 7.93. The number of aliphatic hydroxyl groups is 1. The van der Waals surface area contributed by atoms with Gasteiger partial charge in [-0.25, -0.2) is 0 Å². The minimum absolute atomic E-state index is 0.0860. The SMILES string of the molecule is C=C1[C@@H](O[Si](C)(C)C(C)(C)C)C[C@H]2C(C)(C)CCC[C@]2(C)[C@H]1C[C@H](O)c1ccoc1. The molecule has 0 radical (unpaired) electrons. The maximum atomic E-state index is 11.0. The molecule has 3 nitrogen and oxygen atoms in total. The highest BCUT2D eigenvalue weighted by molar-refractivity contribution is 6.74. The summed E-state index contributed by atoms with van der Waals surface area (Å²) < 4.78 is 12.2. The lowest BCUT2D eigenvalue weighted by Crippen LogP contribution is -2.55. The molecular formula is C26H44O3Si. The van der Waals surface area contributed by atoms with E-state index in [0.717, 1.165) is 12.0 Å². The highest BCUT2D eigenvalue weighted by atomic mass is 28.4. The highest BCUT2D eigenvalue weighted by Gasteiger charge is 2.56. The van der Waals surface area contributed by atoms with Crippen LogP contribution in [-0.4, -0.2) is 19.5 Å². The van der Waals surface area contributed by atoms with E-state index in [-0.39, 0.29) is 27.9 Å². The second-order valence-electron chi connectivity index (χ2n) is 12.4. The van der Waals surface area contributed by atoms with Crippen LogP contribution in [0.25, 0.3) is 0 Å². The lowest BCUT2D eigenvalue weighted by atomic mass is 9.46. The topological polar surface area (TPSA) is 42.6 Å². The molecule has 4 heteroatoms. The standard InChI is InChI=1S/C26H44O3Si/c1-18-20(15-21(27)19-11-14-28-17-19)26(7)13-10-12-25(5,6)23(26)16-22(18)29-30(8,9)24(2,3)4/h11,14,17,20-23,27H,1,10,12-13,15-16H2,2-9H3/t20-,21-,22-,23-,26+/m0/s1. The normalized spacial score (nSPS) is 33.2. The van der Waals surface area contributed by atoms with E-state index in [1.165, 1.54) is 24.8 Å². The number of hydrogen-bond acceptors (Lipinski definition) is 3. The summed E-state index contributed by atoms with van der Waals surface area (Å²) in [5.74, 6) is 0.816. The van der Waals surface area contributed by atoms with Gasteiger partial charge < -0.3 is 13.9 Å². The number of fused-ring (bicyclic) bond motifs is 1. The summed E-state index contributed by atoms with van der Waals surface area (Å²) in [5, 5.41) is 11.2. The Morgan fingerprint density at radius 1 is 1.27 bits per heavy atom. The number of rotatable bonds is 5. The first kappa shape index (κ1) is 23.8. The molecule has 0 amide bonds. The quantitative estimate of drug-likeness (QED) is 0.387. The molecule has 2 fully saturated rings. The summed E-state index contributed by atoms with van der Waals surface area (Å²) in [6.45, 7) is 23.6. The Morgan fingerprint density at radius 2 is 1.93 bits per heavy atom. The largest absolute Gasteiger partial charge is 0.472 e. The van der Waals surface area contributed by atoms with E-state index in [9.17, 15) is 5.11 Å². The number of furan rings is 1. The van der Waals surface area contributed by atoms with Gasteiger partial charge in [0.05, 0.1) is 24.7 Å². The minimum atomic E-state index is -1.92. The molecular weight excluding hydrogens is 388 g/mol. The van der Waals surface area contributed by atoms with Crippen LogP contribution in [0.5, 0.6) is 0 Å². The fourth-order valence-electron chi connectivity index (χ4n) is 6.09. The number of hydrogen-bond donors (Lipinski definition) is 1. The van der Waals surface area contributed by atoms with Gasteiger partial charge in [0.15, 0.2) is 8.32 Å². The van der Waals surface area contributed by atoms with E-state index in [0.29, 0.717) is 12.3 Å². The van der Waals surface area contributed by atoms with Gasteiger partial charge in [0.25, 0.3) is 0 Å². The van der Waals surface area contributed by atoms with Crippen molar-refractivity contribution in [2.75, 3.05) is 0 Å². The van der Waals surface area contributed by atoms with Crippen LogP contribution < -0.4 is 0 Å². The first-order valence-electron chi connectivity index (χ1n) is 11.8. The second-order valence-corrected chi connectivity index (χ2v) is 17.2. The maximum Gasteiger partial charge on any atom is 0.192 e. The Kier molecular flexibility index (Phi) is 6.30. The van der Waals surface area contributed by atoms with Gasteiger partial charge in [0.1, 0.15) is 0 Å². The van der Waals surface area contributed by atoms with Gasteiger partial charge in [0.2, 0.25) is 0 Å². The predicted octanol–water partition coefficient (Wildman–Crippen LogP) is 7.50. The molecule has 0 unspecified atom stereocenters. The lowest BCUT2D eigenvalue weighted by Gasteiger charge is -2.60. The van der Waals surface area contributed by atoms with Crippen LogP contribution in [0.1, 0.15) is 85.3 Å². The lowest BCUT2D eigenvalue weighted by molar-refractivity contribution is -0.0890. The molecule has 30 heavy (non-hydrogen) atoms. The van der Waals surface area contributed by atoms with Gasteiger partial charge in [-0.3, -0.25) is 0 Å². The Hall–Kier alpha value is -0.843. The third kappa shape index (κ3) is 4.25. The Labute approximate surface area is 185 Å². The zero-order chi connectivity index (χ0) is 22.5. The van der Waals surface area contributed by atoms with Gasteiger partial charge >= 0.3 is 0 Å². The van der Waals surface area contributed by atoms with Crippen LogP contribution in [0.15, 0.2) is 35.2 Å². The van der Waals surface area contributed by atoms with Crippen molar-refractivity contribution in [3.63, 3.8) is 0 Å². The molecule has 2 aliphatic carbocycles. The fourth-order valence-corrected chi connectivity index (χ4v) is 7.40. The zero-order valence-electron chi connectivity index (χ0n) is 20.5. The average Bonchev–Trinajstić information content (AvgIpc) is 3.13. The summed E-state index contributed by atoms with van der Waals surface area (Å²) in [6.07, 6.45) is 8.35. The number of aliphatic hydroxyl groups excluding tert-OH is 1. The third-order valence-corrected chi connectivity index (χ3v) is 13.5. The summed E-state index contributed by atoms with van der Waals surface area (Å²) in [7, 11) is -1.92. The van der Waals surface area contributed by atoms with Gasteiger partial charge in [0, 0.05) is 5.56 Å². The maximum absolute atomic E-state index is 11.0. The first-order valence-corrected chi connectivity index (χ1v) is 14.7. The van der Waals surface area contributed by atoms with Gasteiger partial charge in [-0.15, -0.1) is 0 Å². The van der Waals surface area contributed by atoms with E-state index in [2.05, 4.69) is 61.2 Å². The van der Waals surface area contributed by atoms with Crippen molar-refractivity contribution in [2.24, 2.45) is 22.7 Å². The van der Waals surface area contributed by atoms with Crippen molar-refractivity contribution in [3.05, 3.63) is 36.3 Å². The Morgan fingerprint density at radius 3 is 2.50 bits per heavy atom. The van der Waals surface area contributed by atoms with Crippen molar-refractivity contribution in [1.82, 2.24) is 0 Å². The molecule has 1 heterocycles. The minimum Gasteiger partial charge on any atom is -0.472 e. The molecule has 2 saturated carbocycles. The van der Waals surface area contributed by atoms with Crippen LogP contribution in [0, 0.1) is 22.7 Å². The molecule has 5 atom stereocenters. The van der Waals surface area contributed by atoms with Crippen molar-refractivity contribution < 1.29 is 13.9 Å².